The predicted octanol–water partition coefficient (Wildman–Crippen LogP) is 3.42. The highest BCUT2D eigenvalue weighted by Gasteiger charge is 2.23. The lowest BCUT2D eigenvalue weighted by molar-refractivity contribution is 0.0938. The van der Waals surface area contributed by atoms with Crippen molar-refractivity contribution in [3.8, 4) is 5.75 Å². The van der Waals surface area contributed by atoms with Gasteiger partial charge in [0.2, 0.25) is 0 Å². The molecule has 0 bridgehead atoms. The van der Waals surface area contributed by atoms with E-state index in [0.29, 0.717) is 17.4 Å². The highest BCUT2D eigenvalue weighted by molar-refractivity contribution is 6.07. The number of benzene rings is 1. The van der Waals surface area contributed by atoms with E-state index in [1.54, 1.807) is 7.11 Å². The van der Waals surface area contributed by atoms with Gasteiger partial charge in [0.1, 0.15) is 17.1 Å². The Morgan fingerprint density at radius 1 is 1.35 bits per heavy atom. The molecule has 1 aromatic heterocycles. The molecule has 106 valence electrons. The van der Waals surface area contributed by atoms with Gasteiger partial charge < -0.3 is 14.5 Å². The largest absolute Gasteiger partial charge is 0.497 e. The average Bonchev–Trinajstić information content (AvgIpc) is 3.04. The maximum Gasteiger partial charge on any atom is 0.255 e. The summed E-state index contributed by atoms with van der Waals surface area (Å²) in [7, 11) is 1.62. The number of fused-ring (bicyclic) bond motifs is 1. The number of nitrogens with one attached hydrogen (secondary N) is 1. The topological polar surface area (TPSA) is 51.5 Å². The predicted molar refractivity (Wildman–Crippen MR) is 77.2 cm³/mol. The zero-order valence-corrected chi connectivity index (χ0v) is 11.9. The second-order valence-electron chi connectivity index (χ2n) is 5.35. The first-order valence-corrected chi connectivity index (χ1v) is 7.07. The fourth-order valence-electron chi connectivity index (χ4n) is 2.94. The molecule has 4 nitrogen and oxygen atoms in total. The van der Waals surface area contributed by atoms with E-state index in [0.717, 1.165) is 29.6 Å². The van der Waals surface area contributed by atoms with E-state index < -0.39 is 0 Å². The van der Waals surface area contributed by atoms with Crippen LogP contribution in [0, 0.1) is 6.92 Å². The Bertz CT molecular complexity index is 638. The lowest BCUT2D eigenvalue weighted by Gasteiger charge is -2.11. The highest BCUT2D eigenvalue weighted by Crippen LogP contribution is 2.29. The first-order chi connectivity index (χ1) is 9.69. The summed E-state index contributed by atoms with van der Waals surface area (Å²) in [5.74, 6) is 1.35. The fourth-order valence-corrected chi connectivity index (χ4v) is 2.94. The van der Waals surface area contributed by atoms with E-state index in [2.05, 4.69) is 5.32 Å². The first kappa shape index (κ1) is 13.0. The summed E-state index contributed by atoms with van der Waals surface area (Å²) in [6.45, 7) is 1.83. The molecule has 1 aliphatic rings. The summed E-state index contributed by atoms with van der Waals surface area (Å²) in [5, 5.41) is 3.93. The molecule has 1 heterocycles. The lowest BCUT2D eigenvalue weighted by atomic mass is 10.1. The van der Waals surface area contributed by atoms with Gasteiger partial charge in [-0.2, -0.15) is 0 Å². The standard InChI is InChI=1S/C16H19NO3/c1-10-15(16(18)17-11-5-3-4-6-11)13-9-12(19-2)7-8-14(13)20-10/h7-9,11H,3-6H2,1-2H3,(H,17,18). The zero-order valence-electron chi connectivity index (χ0n) is 11.9. The molecule has 0 saturated heterocycles. The summed E-state index contributed by atoms with van der Waals surface area (Å²) < 4.78 is 10.9. The second-order valence-corrected chi connectivity index (χ2v) is 5.35. The van der Waals surface area contributed by atoms with Crippen molar-refractivity contribution in [2.24, 2.45) is 0 Å². The molecule has 1 fully saturated rings. The molecule has 0 unspecified atom stereocenters. The molecule has 0 aliphatic heterocycles. The molecular weight excluding hydrogens is 254 g/mol. The molecule has 1 aromatic carbocycles. The third-order valence-electron chi connectivity index (χ3n) is 3.99. The molecule has 2 aromatic rings. The van der Waals surface area contributed by atoms with Crippen LogP contribution in [0.2, 0.25) is 0 Å². The number of ether oxygens (including phenoxy) is 1. The molecule has 0 radical (unpaired) electrons. The van der Waals surface area contributed by atoms with Crippen LogP contribution in [0.15, 0.2) is 22.6 Å². The molecule has 0 spiro atoms. The number of furan rings is 1. The smallest absolute Gasteiger partial charge is 0.255 e. The van der Waals surface area contributed by atoms with E-state index in [1.165, 1.54) is 12.8 Å². The van der Waals surface area contributed by atoms with Crippen LogP contribution in [0.3, 0.4) is 0 Å². The van der Waals surface area contributed by atoms with E-state index >= 15 is 0 Å². The van der Waals surface area contributed by atoms with Gasteiger partial charge in [0.25, 0.3) is 5.91 Å². The van der Waals surface area contributed by atoms with E-state index in [9.17, 15) is 4.79 Å². The van der Waals surface area contributed by atoms with Gasteiger partial charge >= 0.3 is 0 Å². The van der Waals surface area contributed by atoms with Gasteiger partial charge in [0.05, 0.1) is 12.7 Å². The molecule has 20 heavy (non-hydrogen) atoms. The Kier molecular flexibility index (Phi) is 3.38. The van der Waals surface area contributed by atoms with E-state index in [-0.39, 0.29) is 5.91 Å². The van der Waals surface area contributed by atoms with Crippen LogP contribution in [-0.4, -0.2) is 19.1 Å². The first-order valence-electron chi connectivity index (χ1n) is 7.07. The van der Waals surface area contributed by atoms with Gasteiger partial charge in [-0.1, -0.05) is 12.8 Å². The maximum atomic E-state index is 12.5. The van der Waals surface area contributed by atoms with Gasteiger partial charge in [-0.05, 0) is 38.0 Å². The van der Waals surface area contributed by atoms with Gasteiger partial charge in [-0.25, -0.2) is 0 Å². The minimum Gasteiger partial charge on any atom is -0.497 e. The highest BCUT2D eigenvalue weighted by atomic mass is 16.5. The number of rotatable bonds is 3. The van der Waals surface area contributed by atoms with E-state index in [4.69, 9.17) is 9.15 Å². The number of hydrogen-bond acceptors (Lipinski definition) is 3. The van der Waals surface area contributed by atoms with Crippen LogP contribution >= 0.6 is 0 Å². The Balaban J connectivity index is 1.96. The van der Waals surface area contributed by atoms with Crippen LogP contribution in [0.1, 0.15) is 41.8 Å². The average molecular weight is 273 g/mol. The van der Waals surface area contributed by atoms with Gasteiger partial charge in [-0.3, -0.25) is 4.79 Å². The van der Waals surface area contributed by atoms with Crippen molar-refractivity contribution < 1.29 is 13.9 Å². The quantitative estimate of drug-likeness (QED) is 0.932. The van der Waals surface area contributed by atoms with Crippen molar-refractivity contribution in [2.45, 2.75) is 38.6 Å². The molecule has 1 saturated carbocycles. The monoisotopic (exact) mass is 273 g/mol. The van der Waals surface area contributed by atoms with Crippen LogP contribution in [0.25, 0.3) is 11.0 Å². The molecular formula is C16H19NO3. The van der Waals surface area contributed by atoms with Crippen molar-refractivity contribution in [3.63, 3.8) is 0 Å². The minimum absolute atomic E-state index is 0.0404. The van der Waals surface area contributed by atoms with Crippen LogP contribution < -0.4 is 10.1 Å². The summed E-state index contributed by atoms with van der Waals surface area (Å²) in [4.78, 5) is 12.5. The Morgan fingerprint density at radius 3 is 2.80 bits per heavy atom. The fraction of sp³-hybridized carbons (Fsp3) is 0.438. The number of methoxy groups -OCH3 is 1. The minimum atomic E-state index is -0.0404. The van der Waals surface area contributed by atoms with Crippen LogP contribution in [0.5, 0.6) is 5.75 Å². The summed E-state index contributed by atoms with van der Waals surface area (Å²) in [6, 6.07) is 5.84. The number of aryl methyl sites for hydroxylation is 1. The number of amides is 1. The van der Waals surface area contributed by atoms with Crippen molar-refractivity contribution in [3.05, 3.63) is 29.5 Å². The maximum absolute atomic E-state index is 12.5. The SMILES string of the molecule is COc1ccc2oc(C)c(C(=O)NC3CCCC3)c2c1. The summed E-state index contributed by atoms with van der Waals surface area (Å²) in [5.41, 5.74) is 1.35. The molecule has 3 rings (SSSR count). The second kappa shape index (κ2) is 5.19. The number of carbonyl (C=O) groups excluding carboxylic acids is 1. The molecule has 1 aliphatic carbocycles. The Labute approximate surface area is 118 Å². The molecule has 1 N–H and O–H groups in total. The number of carbonyl (C=O) groups is 1. The molecule has 0 atom stereocenters. The zero-order chi connectivity index (χ0) is 14.1. The van der Waals surface area contributed by atoms with Crippen molar-refractivity contribution in [1.29, 1.82) is 0 Å². The van der Waals surface area contributed by atoms with Gasteiger partial charge in [0.15, 0.2) is 0 Å². The van der Waals surface area contributed by atoms with Crippen LogP contribution in [0.4, 0.5) is 0 Å². The van der Waals surface area contributed by atoms with Crippen molar-refractivity contribution in [2.75, 3.05) is 7.11 Å². The Morgan fingerprint density at radius 2 is 2.10 bits per heavy atom. The normalized spacial score (nSPS) is 15.7. The molecule has 4 heteroatoms. The summed E-state index contributed by atoms with van der Waals surface area (Å²) in [6.07, 6.45) is 4.54. The van der Waals surface area contributed by atoms with Crippen molar-refractivity contribution in [1.82, 2.24) is 5.32 Å². The van der Waals surface area contributed by atoms with Crippen LogP contribution in [-0.2, 0) is 0 Å². The summed E-state index contributed by atoms with van der Waals surface area (Å²) >= 11 is 0. The lowest BCUT2D eigenvalue weighted by Crippen LogP contribution is -2.32. The van der Waals surface area contributed by atoms with Gasteiger partial charge in [-0.15, -0.1) is 0 Å². The van der Waals surface area contributed by atoms with E-state index in [1.807, 2.05) is 25.1 Å². The molecule has 1 amide bonds. The van der Waals surface area contributed by atoms with Crippen molar-refractivity contribution >= 4 is 16.9 Å². The third-order valence-corrected chi connectivity index (χ3v) is 3.99. The Hall–Kier alpha value is -1.97. The van der Waals surface area contributed by atoms with Gasteiger partial charge in [0, 0.05) is 11.4 Å². The third kappa shape index (κ3) is 2.26. The number of hydrogen-bond donors (Lipinski definition) is 1.